The molecule has 1 aliphatic heterocycles. The molecule has 2 aliphatic carbocycles. The summed E-state index contributed by atoms with van der Waals surface area (Å²) < 4.78 is 5.42. The smallest absolute Gasteiger partial charge is 0.271 e. The summed E-state index contributed by atoms with van der Waals surface area (Å²) in [6.07, 6.45) is 6.22. The number of ether oxygens (including phenoxy) is 1. The van der Waals surface area contributed by atoms with Crippen LogP contribution in [-0.4, -0.2) is 53.2 Å². The Morgan fingerprint density at radius 1 is 1.35 bits per heavy atom. The van der Waals surface area contributed by atoms with Crippen LogP contribution in [0.1, 0.15) is 61.9 Å². The van der Waals surface area contributed by atoms with Crippen LogP contribution in [0.3, 0.4) is 0 Å². The van der Waals surface area contributed by atoms with Crippen LogP contribution in [0.4, 0.5) is 0 Å². The number of hydrogen-bond acceptors (Lipinski definition) is 5. The molecule has 1 saturated heterocycles. The van der Waals surface area contributed by atoms with E-state index in [1.165, 1.54) is 0 Å². The van der Waals surface area contributed by atoms with Crippen molar-refractivity contribution in [3.8, 4) is 11.8 Å². The molecule has 1 aromatic heterocycles. The minimum Gasteiger partial charge on any atom is -0.496 e. The number of carbonyl (C=O) groups is 3. The van der Waals surface area contributed by atoms with E-state index in [-0.39, 0.29) is 28.9 Å². The normalized spacial score (nSPS) is 24.1. The van der Waals surface area contributed by atoms with Crippen molar-refractivity contribution in [1.29, 1.82) is 5.26 Å². The Kier molecular flexibility index (Phi) is 5.80. The van der Waals surface area contributed by atoms with Crippen LogP contribution in [-0.2, 0) is 9.59 Å². The van der Waals surface area contributed by atoms with Crippen molar-refractivity contribution in [1.82, 2.24) is 15.2 Å². The van der Waals surface area contributed by atoms with Crippen LogP contribution >= 0.6 is 0 Å². The summed E-state index contributed by atoms with van der Waals surface area (Å²) >= 11 is 0. The van der Waals surface area contributed by atoms with Gasteiger partial charge < -0.3 is 19.9 Å². The van der Waals surface area contributed by atoms with Gasteiger partial charge in [0.25, 0.3) is 5.91 Å². The molecule has 3 aliphatic rings. The van der Waals surface area contributed by atoms with Gasteiger partial charge in [0.2, 0.25) is 5.91 Å². The SMILES string of the molecule is COc1cccc2[nH]c(C(=O)N3CC4(CCC4)C[C@H]3C(=O)N[C@H](C#N)C[C@@H]3CCCC3=O)cc12. The van der Waals surface area contributed by atoms with Crippen molar-refractivity contribution in [3.63, 3.8) is 0 Å². The number of nitrogens with one attached hydrogen (secondary N) is 2. The Bertz CT molecular complexity index is 1180. The number of H-pyrrole nitrogens is 1. The first-order valence-electron chi connectivity index (χ1n) is 12.1. The fourth-order valence-electron chi connectivity index (χ4n) is 5.95. The van der Waals surface area contributed by atoms with Gasteiger partial charge in [0.15, 0.2) is 0 Å². The van der Waals surface area contributed by atoms with Crippen LogP contribution in [0.25, 0.3) is 10.9 Å². The van der Waals surface area contributed by atoms with Crippen LogP contribution in [0, 0.1) is 22.7 Å². The first kappa shape index (κ1) is 22.5. The summed E-state index contributed by atoms with van der Waals surface area (Å²) in [6, 6.07) is 8.16. The number of hydrogen-bond donors (Lipinski definition) is 2. The molecule has 2 amide bonds. The molecular weight excluding hydrogens is 432 g/mol. The number of benzene rings is 1. The Balaban J connectivity index is 1.36. The minimum absolute atomic E-state index is 0.0229. The number of fused-ring (bicyclic) bond motifs is 1. The summed E-state index contributed by atoms with van der Waals surface area (Å²) in [7, 11) is 1.59. The molecule has 1 aromatic carbocycles. The third-order valence-corrected chi connectivity index (χ3v) is 7.98. The van der Waals surface area contributed by atoms with E-state index >= 15 is 0 Å². The molecule has 8 heteroatoms. The molecule has 0 radical (unpaired) electrons. The maximum absolute atomic E-state index is 13.6. The maximum Gasteiger partial charge on any atom is 0.271 e. The second kappa shape index (κ2) is 8.79. The van der Waals surface area contributed by atoms with Crippen molar-refractivity contribution in [2.75, 3.05) is 13.7 Å². The number of aromatic nitrogens is 1. The molecule has 0 bridgehead atoms. The second-order valence-electron chi connectivity index (χ2n) is 10.1. The third kappa shape index (κ3) is 3.93. The summed E-state index contributed by atoms with van der Waals surface area (Å²) in [5.41, 5.74) is 1.19. The molecule has 3 fully saturated rings. The predicted octanol–water partition coefficient (Wildman–Crippen LogP) is 3.33. The zero-order valence-corrected chi connectivity index (χ0v) is 19.4. The number of methoxy groups -OCH3 is 1. The first-order valence-corrected chi connectivity index (χ1v) is 12.1. The molecule has 5 rings (SSSR count). The van der Waals surface area contributed by atoms with Gasteiger partial charge in [-0.25, -0.2) is 0 Å². The highest BCUT2D eigenvalue weighted by molar-refractivity contribution is 6.02. The number of Topliss-reactive ketones (excluding diaryl/α,β-unsaturated/α-hetero) is 1. The van der Waals surface area contributed by atoms with Crippen molar-refractivity contribution < 1.29 is 19.1 Å². The summed E-state index contributed by atoms with van der Waals surface area (Å²) in [5, 5.41) is 13.3. The van der Waals surface area contributed by atoms with Gasteiger partial charge in [-0.05, 0) is 62.1 Å². The maximum atomic E-state index is 13.6. The van der Waals surface area contributed by atoms with Crippen LogP contribution in [0.2, 0.25) is 0 Å². The zero-order chi connectivity index (χ0) is 23.9. The molecule has 2 aromatic rings. The standard InChI is InChI=1S/C26H30N4O4/c1-34-23-8-3-6-19-18(23)12-20(29-19)25(33)30-15-26(9-4-10-26)13-21(30)24(32)28-17(14-27)11-16-5-2-7-22(16)31/h3,6,8,12,16-17,21,29H,2,4-5,7,9-11,13,15H2,1H3,(H,28,32)/t16-,17-,21-/m0/s1. The highest BCUT2D eigenvalue weighted by Crippen LogP contribution is 2.50. The topological polar surface area (TPSA) is 115 Å². The minimum atomic E-state index is -0.730. The monoisotopic (exact) mass is 462 g/mol. The molecule has 2 saturated carbocycles. The predicted molar refractivity (Wildman–Crippen MR) is 125 cm³/mol. The lowest BCUT2D eigenvalue weighted by Gasteiger charge is -2.37. The van der Waals surface area contributed by atoms with Crippen LogP contribution < -0.4 is 10.1 Å². The summed E-state index contributed by atoms with van der Waals surface area (Å²) in [4.78, 5) is 43.8. The second-order valence-corrected chi connectivity index (χ2v) is 10.1. The molecule has 34 heavy (non-hydrogen) atoms. The zero-order valence-electron chi connectivity index (χ0n) is 19.4. The largest absolute Gasteiger partial charge is 0.496 e. The fraction of sp³-hybridized carbons (Fsp3) is 0.538. The van der Waals surface area contributed by atoms with Gasteiger partial charge in [0.05, 0.1) is 13.2 Å². The van der Waals surface area contributed by atoms with Gasteiger partial charge in [0.1, 0.15) is 29.3 Å². The van der Waals surface area contributed by atoms with Crippen LogP contribution in [0.15, 0.2) is 24.3 Å². The van der Waals surface area contributed by atoms with Gasteiger partial charge in [0, 0.05) is 29.8 Å². The lowest BCUT2D eigenvalue weighted by atomic mass is 9.67. The molecule has 2 N–H and O–H groups in total. The Morgan fingerprint density at radius 3 is 2.82 bits per heavy atom. The molecule has 0 unspecified atom stereocenters. The lowest BCUT2D eigenvalue weighted by Crippen LogP contribution is -2.49. The number of carbonyl (C=O) groups excluding carboxylic acids is 3. The van der Waals surface area contributed by atoms with E-state index in [9.17, 15) is 19.6 Å². The Morgan fingerprint density at radius 2 is 2.18 bits per heavy atom. The number of likely N-dealkylation sites (tertiary alicyclic amines) is 1. The number of nitrogens with zero attached hydrogens (tertiary/aromatic N) is 2. The fourth-order valence-corrected chi connectivity index (χ4v) is 5.95. The number of aromatic amines is 1. The lowest BCUT2D eigenvalue weighted by molar-refractivity contribution is -0.126. The van der Waals surface area contributed by atoms with Crippen molar-refractivity contribution in [3.05, 3.63) is 30.0 Å². The van der Waals surface area contributed by atoms with Crippen molar-refractivity contribution in [2.24, 2.45) is 11.3 Å². The number of ketones is 1. The molecule has 3 atom stereocenters. The number of rotatable bonds is 6. The van der Waals surface area contributed by atoms with E-state index in [4.69, 9.17) is 4.74 Å². The molecular formula is C26H30N4O4. The Hall–Kier alpha value is -3.34. The van der Waals surface area contributed by atoms with E-state index in [0.29, 0.717) is 37.3 Å². The summed E-state index contributed by atoms with van der Waals surface area (Å²) in [6.45, 7) is 0.536. The van der Waals surface area contributed by atoms with Crippen LogP contribution in [0.5, 0.6) is 5.75 Å². The molecule has 2 heterocycles. The van der Waals surface area contributed by atoms with Gasteiger partial charge in [-0.3, -0.25) is 14.4 Å². The van der Waals surface area contributed by atoms with Gasteiger partial charge in [-0.15, -0.1) is 0 Å². The molecule has 1 spiro atoms. The molecule has 8 nitrogen and oxygen atoms in total. The van der Waals surface area contributed by atoms with E-state index in [1.54, 1.807) is 18.1 Å². The van der Waals surface area contributed by atoms with E-state index in [1.807, 2.05) is 18.2 Å². The average molecular weight is 463 g/mol. The van der Waals surface area contributed by atoms with E-state index < -0.39 is 12.1 Å². The third-order valence-electron chi connectivity index (χ3n) is 7.98. The van der Waals surface area contributed by atoms with E-state index in [0.717, 1.165) is 43.0 Å². The highest BCUT2D eigenvalue weighted by Gasteiger charge is 2.52. The quantitative estimate of drug-likeness (QED) is 0.683. The van der Waals surface area contributed by atoms with E-state index in [2.05, 4.69) is 16.4 Å². The van der Waals surface area contributed by atoms with Gasteiger partial charge in [-0.1, -0.05) is 12.5 Å². The first-order chi connectivity index (χ1) is 16.4. The Labute approximate surface area is 198 Å². The van der Waals surface area contributed by atoms with Gasteiger partial charge >= 0.3 is 0 Å². The number of amides is 2. The molecule has 178 valence electrons. The summed E-state index contributed by atoms with van der Waals surface area (Å²) in [5.74, 6) is 0.169. The average Bonchev–Trinajstić information content (AvgIpc) is 3.54. The van der Waals surface area contributed by atoms with Gasteiger partial charge in [-0.2, -0.15) is 5.26 Å². The van der Waals surface area contributed by atoms with Crippen molar-refractivity contribution >= 4 is 28.5 Å². The number of nitriles is 1. The van der Waals surface area contributed by atoms with Crippen molar-refractivity contribution in [2.45, 2.75) is 63.5 Å². The highest BCUT2D eigenvalue weighted by atomic mass is 16.5.